The molecule has 0 fully saturated rings. The number of hydrogen-bond acceptors (Lipinski definition) is 5. The summed E-state index contributed by atoms with van der Waals surface area (Å²) in [7, 11) is -3.49. The summed E-state index contributed by atoms with van der Waals surface area (Å²) in [6, 6.07) is 12.3. The minimum Gasteiger partial charge on any atom is -0.486 e. The van der Waals surface area contributed by atoms with Crippen LogP contribution in [-0.4, -0.2) is 40.3 Å². The Morgan fingerprint density at radius 3 is 2.41 bits per heavy atom. The summed E-state index contributed by atoms with van der Waals surface area (Å²) in [4.78, 5) is 12.3. The normalized spacial score (nSPS) is 13.1. The third-order valence-electron chi connectivity index (χ3n) is 4.09. The van der Waals surface area contributed by atoms with Crippen molar-refractivity contribution in [3.63, 3.8) is 0 Å². The van der Waals surface area contributed by atoms with Crippen molar-refractivity contribution in [3.8, 4) is 11.5 Å². The fourth-order valence-corrected chi connectivity index (χ4v) is 3.67. The van der Waals surface area contributed by atoms with Gasteiger partial charge in [0.25, 0.3) is 0 Å². The average Bonchev–Trinajstić information content (AvgIpc) is 2.62. The van der Waals surface area contributed by atoms with Crippen molar-refractivity contribution >= 4 is 27.3 Å². The third kappa shape index (κ3) is 4.91. The van der Waals surface area contributed by atoms with E-state index in [1.54, 1.807) is 30.3 Å². The lowest BCUT2D eigenvalue weighted by atomic mass is 10.2. The van der Waals surface area contributed by atoms with Gasteiger partial charge in [-0.15, -0.1) is 0 Å². The number of fused-ring (bicyclic) bond motifs is 1. The number of hydrogen-bond donors (Lipinski definition) is 1. The molecule has 3 rings (SSSR count). The maximum absolute atomic E-state index is 12.3. The van der Waals surface area contributed by atoms with Crippen molar-refractivity contribution < 1.29 is 22.7 Å². The number of rotatable bonds is 6. The van der Waals surface area contributed by atoms with E-state index in [1.165, 1.54) is 4.31 Å². The number of ether oxygens (including phenoxy) is 2. The molecule has 0 atom stereocenters. The Bertz CT molecular complexity index is 926. The van der Waals surface area contributed by atoms with Gasteiger partial charge in [-0.1, -0.05) is 17.7 Å². The van der Waals surface area contributed by atoms with E-state index in [0.717, 1.165) is 11.8 Å². The van der Waals surface area contributed by atoms with Crippen LogP contribution in [0, 0.1) is 6.92 Å². The molecular formula is C19H22N2O5S. The van der Waals surface area contributed by atoms with Crippen molar-refractivity contribution in [2.75, 3.05) is 35.6 Å². The summed E-state index contributed by atoms with van der Waals surface area (Å²) in [5.74, 6) is 0.936. The lowest BCUT2D eigenvalue weighted by Crippen LogP contribution is -2.33. The monoisotopic (exact) mass is 390 g/mol. The molecule has 0 aromatic heterocycles. The number of benzene rings is 2. The van der Waals surface area contributed by atoms with Gasteiger partial charge in [0.05, 0.1) is 11.9 Å². The first-order valence-electron chi connectivity index (χ1n) is 8.57. The third-order valence-corrected chi connectivity index (χ3v) is 5.28. The van der Waals surface area contributed by atoms with E-state index in [9.17, 15) is 13.2 Å². The number of nitrogens with one attached hydrogen (secondary N) is 1. The molecule has 1 aliphatic rings. The Morgan fingerprint density at radius 2 is 1.74 bits per heavy atom. The van der Waals surface area contributed by atoms with Crippen molar-refractivity contribution in [1.29, 1.82) is 0 Å². The zero-order valence-electron chi connectivity index (χ0n) is 15.3. The van der Waals surface area contributed by atoms with E-state index in [0.29, 0.717) is 36.1 Å². The zero-order valence-corrected chi connectivity index (χ0v) is 16.1. The van der Waals surface area contributed by atoms with E-state index in [-0.39, 0.29) is 18.9 Å². The molecule has 8 heteroatoms. The molecule has 0 unspecified atom stereocenters. The highest BCUT2D eigenvalue weighted by Crippen LogP contribution is 2.32. The Kier molecular flexibility index (Phi) is 5.55. The van der Waals surface area contributed by atoms with Crippen molar-refractivity contribution in [2.24, 2.45) is 0 Å². The first-order valence-corrected chi connectivity index (χ1v) is 10.4. The minimum atomic E-state index is -3.49. The lowest BCUT2D eigenvalue weighted by Gasteiger charge is -2.22. The smallest absolute Gasteiger partial charge is 0.232 e. The number of nitrogens with zero attached hydrogens (tertiary/aromatic N) is 1. The predicted molar refractivity (Wildman–Crippen MR) is 104 cm³/mol. The average molecular weight is 390 g/mol. The van der Waals surface area contributed by atoms with Crippen LogP contribution >= 0.6 is 0 Å². The van der Waals surface area contributed by atoms with Gasteiger partial charge in [-0.2, -0.15) is 0 Å². The summed E-state index contributed by atoms with van der Waals surface area (Å²) in [5, 5.41) is 2.76. The minimum absolute atomic E-state index is 0.0232. The van der Waals surface area contributed by atoms with Gasteiger partial charge in [0.15, 0.2) is 11.5 Å². The van der Waals surface area contributed by atoms with E-state index < -0.39 is 10.0 Å². The quantitative estimate of drug-likeness (QED) is 0.819. The van der Waals surface area contributed by atoms with Crippen molar-refractivity contribution in [3.05, 3.63) is 48.0 Å². The molecule has 1 heterocycles. The summed E-state index contributed by atoms with van der Waals surface area (Å²) in [6.07, 6.45) is 1.15. The molecule has 2 aromatic carbocycles. The fraction of sp³-hybridized carbons (Fsp3) is 0.316. The van der Waals surface area contributed by atoms with Crippen molar-refractivity contribution in [2.45, 2.75) is 13.3 Å². The Morgan fingerprint density at radius 1 is 1.07 bits per heavy atom. The van der Waals surface area contributed by atoms with Crippen LogP contribution in [0.4, 0.5) is 11.4 Å². The van der Waals surface area contributed by atoms with Gasteiger partial charge in [-0.3, -0.25) is 9.10 Å². The molecule has 0 radical (unpaired) electrons. The van der Waals surface area contributed by atoms with Crippen LogP contribution in [0.1, 0.15) is 12.0 Å². The highest BCUT2D eigenvalue weighted by molar-refractivity contribution is 7.92. The highest BCUT2D eigenvalue weighted by Gasteiger charge is 2.19. The Balaban J connectivity index is 1.65. The van der Waals surface area contributed by atoms with Gasteiger partial charge in [0, 0.05) is 24.7 Å². The summed E-state index contributed by atoms with van der Waals surface area (Å²) in [5.41, 5.74) is 2.14. The van der Waals surface area contributed by atoms with Crippen molar-refractivity contribution in [1.82, 2.24) is 0 Å². The molecule has 1 N–H and O–H groups in total. The zero-order chi connectivity index (χ0) is 19.4. The van der Waals surface area contributed by atoms with Crippen LogP contribution in [0.15, 0.2) is 42.5 Å². The SMILES string of the molecule is Cc1ccc(N(CCC(=O)Nc2ccc3c(c2)OCCO3)S(C)(=O)=O)cc1. The van der Waals surface area contributed by atoms with E-state index in [2.05, 4.69) is 5.32 Å². The number of amides is 1. The standard InChI is InChI=1S/C19H22N2O5S/c1-14-3-6-16(7-4-14)21(27(2,23)24)10-9-19(22)20-15-5-8-17-18(13-15)26-12-11-25-17/h3-8,13H,9-12H2,1-2H3,(H,20,22). The molecule has 2 aromatic rings. The van der Waals surface area contributed by atoms with Crippen LogP contribution in [-0.2, 0) is 14.8 Å². The molecule has 1 amide bonds. The Hall–Kier alpha value is -2.74. The molecule has 0 aliphatic carbocycles. The van der Waals surface area contributed by atoms with E-state index in [1.807, 2.05) is 19.1 Å². The van der Waals surface area contributed by atoms with Crippen LogP contribution < -0.4 is 19.1 Å². The van der Waals surface area contributed by atoms with Crippen LogP contribution in [0.3, 0.4) is 0 Å². The maximum atomic E-state index is 12.3. The van der Waals surface area contributed by atoms with Gasteiger partial charge in [-0.25, -0.2) is 8.42 Å². The lowest BCUT2D eigenvalue weighted by molar-refractivity contribution is -0.116. The number of carbonyl (C=O) groups is 1. The molecule has 0 saturated heterocycles. The largest absolute Gasteiger partial charge is 0.486 e. The second-order valence-electron chi connectivity index (χ2n) is 6.33. The molecule has 1 aliphatic heterocycles. The number of sulfonamides is 1. The first kappa shape index (κ1) is 19.0. The summed E-state index contributed by atoms with van der Waals surface area (Å²) < 4.78 is 36.4. The number of anilines is 2. The molecule has 0 spiro atoms. The molecule has 0 saturated carbocycles. The van der Waals surface area contributed by atoms with Gasteiger partial charge >= 0.3 is 0 Å². The first-order chi connectivity index (χ1) is 12.8. The molecule has 144 valence electrons. The molecular weight excluding hydrogens is 368 g/mol. The topological polar surface area (TPSA) is 84.9 Å². The van der Waals surface area contributed by atoms with Gasteiger partial charge in [0.2, 0.25) is 15.9 Å². The van der Waals surface area contributed by atoms with Crippen LogP contribution in [0.5, 0.6) is 11.5 Å². The van der Waals surface area contributed by atoms with Crippen LogP contribution in [0.2, 0.25) is 0 Å². The fourth-order valence-electron chi connectivity index (χ4n) is 2.75. The number of carbonyl (C=O) groups excluding carboxylic acids is 1. The van der Waals surface area contributed by atoms with Gasteiger partial charge < -0.3 is 14.8 Å². The van der Waals surface area contributed by atoms with E-state index in [4.69, 9.17) is 9.47 Å². The second kappa shape index (κ2) is 7.87. The van der Waals surface area contributed by atoms with Gasteiger partial charge in [-0.05, 0) is 31.2 Å². The summed E-state index contributed by atoms with van der Waals surface area (Å²) >= 11 is 0. The molecule has 0 bridgehead atoms. The van der Waals surface area contributed by atoms with Crippen LogP contribution in [0.25, 0.3) is 0 Å². The Labute approximate surface area is 158 Å². The second-order valence-corrected chi connectivity index (χ2v) is 8.23. The highest BCUT2D eigenvalue weighted by atomic mass is 32.2. The summed E-state index contributed by atoms with van der Waals surface area (Å²) in [6.45, 7) is 2.94. The number of aryl methyl sites for hydroxylation is 1. The maximum Gasteiger partial charge on any atom is 0.232 e. The molecule has 7 nitrogen and oxygen atoms in total. The van der Waals surface area contributed by atoms with E-state index >= 15 is 0 Å². The predicted octanol–water partition coefficient (Wildman–Crippen LogP) is 2.56. The molecule has 27 heavy (non-hydrogen) atoms. The van der Waals surface area contributed by atoms with Gasteiger partial charge in [0.1, 0.15) is 13.2 Å².